The first-order valence-electron chi connectivity index (χ1n) is 10.7. The molecule has 1 N–H and O–H groups in total. The summed E-state index contributed by atoms with van der Waals surface area (Å²) in [5.74, 6) is 1.51. The average molecular weight is 455 g/mol. The van der Waals surface area contributed by atoms with Gasteiger partial charge in [0.05, 0.1) is 23.0 Å². The van der Waals surface area contributed by atoms with Gasteiger partial charge < -0.3 is 14.6 Å². The molecule has 0 amide bonds. The Kier molecular flexibility index (Phi) is 7.46. The molecule has 0 fully saturated rings. The fourth-order valence-electron chi connectivity index (χ4n) is 3.11. The molecule has 0 radical (unpaired) electrons. The molecule has 170 valence electrons. The maximum absolute atomic E-state index is 12.6. The van der Waals surface area contributed by atoms with E-state index in [0.29, 0.717) is 19.0 Å². The number of rotatable bonds is 9. The number of phenols is 1. The Balaban J connectivity index is 1.41. The molecule has 0 saturated carbocycles. The molecule has 0 atom stereocenters. The maximum atomic E-state index is 12.6. The van der Waals surface area contributed by atoms with Crippen LogP contribution in [0.25, 0.3) is 0 Å². The number of phenolic OH excluding ortho intramolecular Hbond substituents is 1. The van der Waals surface area contributed by atoms with Crippen LogP contribution in [0.3, 0.4) is 0 Å². The molecule has 0 bridgehead atoms. The van der Waals surface area contributed by atoms with Crippen molar-refractivity contribution in [3.63, 3.8) is 0 Å². The van der Waals surface area contributed by atoms with E-state index in [1.807, 2.05) is 12.1 Å². The zero-order chi connectivity index (χ0) is 23.2. The minimum Gasteiger partial charge on any atom is -0.508 e. The second-order valence-corrected chi connectivity index (χ2v) is 10.6. The number of aromatic hydroxyl groups is 1. The van der Waals surface area contributed by atoms with Gasteiger partial charge in [0.15, 0.2) is 0 Å². The molecule has 3 rings (SSSR count). The molecular weight excluding hydrogens is 424 g/mol. The van der Waals surface area contributed by atoms with E-state index < -0.39 is 9.84 Å². The van der Waals surface area contributed by atoms with E-state index in [1.54, 1.807) is 12.1 Å². The normalized spacial score (nSPS) is 11.8. The van der Waals surface area contributed by atoms with E-state index in [9.17, 15) is 13.5 Å². The zero-order valence-electron chi connectivity index (χ0n) is 18.7. The fourth-order valence-corrected chi connectivity index (χ4v) is 4.37. The first-order valence-corrected chi connectivity index (χ1v) is 12.1. The first kappa shape index (κ1) is 23.7. The number of benzene rings is 3. The van der Waals surface area contributed by atoms with Gasteiger partial charge in [-0.1, -0.05) is 32.9 Å². The Morgan fingerprint density at radius 1 is 0.688 bits per heavy atom. The summed E-state index contributed by atoms with van der Waals surface area (Å²) < 4.78 is 36.8. The van der Waals surface area contributed by atoms with Crippen LogP contribution in [0.15, 0.2) is 82.6 Å². The Morgan fingerprint density at radius 3 is 1.53 bits per heavy atom. The molecule has 32 heavy (non-hydrogen) atoms. The third-order valence-corrected chi connectivity index (χ3v) is 6.86. The molecule has 0 aliphatic carbocycles. The van der Waals surface area contributed by atoms with Gasteiger partial charge in [-0.15, -0.1) is 0 Å². The molecule has 0 aromatic heterocycles. The lowest BCUT2D eigenvalue weighted by Crippen LogP contribution is -2.10. The summed E-state index contributed by atoms with van der Waals surface area (Å²) in [5, 5.41) is 9.34. The van der Waals surface area contributed by atoms with E-state index >= 15 is 0 Å². The Bertz CT molecular complexity index is 1090. The van der Waals surface area contributed by atoms with Crippen molar-refractivity contribution in [2.45, 2.75) is 48.8 Å². The van der Waals surface area contributed by atoms with Crippen molar-refractivity contribution >= 4 is 9.84 Å². The van der Waals surface area contributed by atoms with Crippen LogP contribution in [0.5, 0.6) is 17.2 Å². The highest BCUT2D eigenvalue weighted by molar-refractivity contribution is 7.91. The molecule has 5 nitrogen and oxygen atoms in total. The van der Waals surface area contributed by atoms with Crippen LogP contribution in [0, 0.1) is 0 Å². The van der Waals surface area contributed by atoms with Crippen molar-refractivity contribution in [3.05, 3.63) is 78.4 Å². The van der Waals surface area contributed by atoms with Gasteiger partial charge in [-0.25, -0.2) is 8.42 Å². The molecule has 6 heteroatoms. The van der Waals surface area contributed by atoms with E-state index in [2.05, 4.69) is 32.9 Å². The third kappa shape index (κ3) is 6.26. The molecule has 3 aromatic carbocycles. The van der Waals surface area contributed by atoms with Crippen LogP contribution in [0.2, 0.25) is 0 Å². The molecular formula is C26H30O5S. The van der Waals surface area contributed by atoms with Gasteiger partial charge in [-0.05, 0) is 84.5 Å². The van der Waals surface area contributed by atoms with Crippen molar-refractivity contribution in [1.29, 1.82) is 0 Å². The van der Waals surface area contributed by atoms with E-state index in [1.165, 1.54) is 42.0 Å². The van der Waals surface area contributed by atoms with Gasteiger partial charge in [0.25, 0.3) is 0 Å². The summed E-state index contributed by atoms with van der Waals surface area (Å²) in [5.41, 5.74) is 1.41. The van der Waals surface area contributed by atoms with Crippen LogP contribution in [-0.2, 0) is 15.3 Å². The van der Waals surface area contributed by atoms with E-state index in [4.69, 9.17) is 9.47 Å². The topological polar surface area (TPSA) is 72.8 Å². The van der Waals surface area contributed by atoms with Crippen LogP contribution in [0.1, 0.15) is 39.2 Å². The Hall–Kier alpha value is -2.99. The lowest BCUT2D eigenvalue weighted by atomic mass is 9.87. The summed E-state index contributed by atoms with van der Waals surface area (Å²) in [6.07, 6.45) is 1.68. The zero-order valence-corrected chi connectivity index (χ0v) is 19.6. The number of ether oxygens (including phenoxy) is 2. The number of hydrogen-bond donors (Lipinski definition) is 1. The van der Waals surface area contributed by atoms with Crippen molar-refractivity contribution in [3.8, 4) is 17.2 Å². The molecule has 0 aliphatic rings. The van der Waals surface area contributed by atoms with Crippen molar-refractivity contribution in [1.82, 2.24) is 0 Å². The number of sulfone groups is 1. The lowest BCUT2D eigenvalue weighted by Gasteiger charge is -2.19. The first-order chi connectivity index (χ1) is 15.2. The summed E-state index contributed by atoms with van der Waals surface area (Å²) >= 11 is 0. The summed E-state index contributed by atoms with van der Waals surface area (Å²) in [7, 11) is -3.63. The van der Waals surface area contributed by atoms with Gasteiger partial charge in [-0.2, -0.15) is 0 Å². The molecule has 0 aliphatic heterocycles. The number of unbranched alkanes of at least 4 members (excludes halogenated alkanes) is 1. The second-order valence-electron chi connectivity index (χ2n) is 8.65. The average Bonchev–Trinajstić information content (AvgIpc) is 2.76. The maximum Gasteiger partial charge on any atom is 0.206 e. The molecule has 0 unspecified atom stereocenters. The predicted molar refractivity (Wildman–Crippen MR) is 125 cm³/mol. The highest BCUT2D eigenvalue weighted by Gasteiger charge is 2.17. The minimum atomic E-state index is -3.63. The minimum absolute atomic E-state index is 0.0246. The molecule has 0 spiro atoms. The van der Waals surface area contributed by atoms with Crippen molar-refractivity contribution < 1.29 is 23.0 Å². The van der Waals surface area contributed by atoms with Crippen molar-refractivity contribution in [2.75, 3.05) is 13.2 Å². The largest absolute Gasteiger partial charge is 0.508 e. The Labute approximate surface area is 190 Å². The van der Waals surface area contributed by atoms with Crippen LogP contribution >= 0.6 is 0 Å². The number of hydrogen-bond acceptors (Lipinski definition) is 5. The molecule has 0 heterocycles. The fraction of sp³-hybridized carbons (Fsp3) is 0.308. The Morgan fingerprint density at radius 2 is 1.09 bits per heavy atom. The SMILES string of the molecule is CC(C)(C)c1ccc(OCCCCOc2ccc(S(=O)(=O)c3ccc(O)cc3)cc2)cc1. The summed E-state index contributed by atoms with van der Waals surface area (Å²) in [6.45, 7) is 7.69. The van der Waals surface area contributed by atoms with Gasteiger partial charge in [0.1, 0.15) is 17.2 Å². The summed E-state index contributed by atoms with van der Waals surface area (Å²) in [4.78, 5) is 0.318. The van der Waals surface area contributed by atoms with Crippen LogP contribution < -0.4 is 9.47 Å². The smallest absolute Gasteiger partial charge is 0.206 e. The lowest BCUT2D eigenvalue weighted by molar-refractivity contribution is 0.266. The van der Waals surface area contributed by atoms with Gasteiger partial charge >= 0.3 is 0 Å². The highest BCUT2D eigenvalue weighted by Crippen LogP contribution is 2.25. The van der Waals surface area contributed by atoms with Gasteiger partial charge in [0, 0.05) is 0 Å². The van der Waals surface area contributed by atoms with Crippen LogP contribution in [0.4, 0.5) is 0 Å². The van der Waals surface area contributed by atoms with Crippen molar-refractivity contribution in [2.24, 2.45) is 0 Å². The summed E-state index contributed by atoms with van der Waals surface area (Å²) in [6, 6.07) is 20.1. The second kappa shape index (κ2) is 10.1. The third-order valence-electron chi connectivity index (χ3n) is 5.08. The monoisotopic (exact) mass is 454 g/mol. The van der Waals surface area contributed by atoms with Gasteiger partial charge in [-0.3, -0.25) is 0 Å². The predicted octanol–water partition coefficient (Wildman–Crippen LogP) is 5.76. The van der Waals surface area contributed by atoms with E-state index in [-0.39, 0.29) is 21.0 Å². The standard InChI is InChI=1S/C26H30O5S/c1-26(2,3)20-6-10-22(11-7-20)30-18-4-5-19-31-23-12-16-25(17-13-23)32(28,29)24-14-8-21(27)9-15-24/h6-17,27H,4-5,18-19H2,1-3H3. The molecule has 3 aromatic rings. The molecule has 0 saturated heterocycles. The highest BCUT2D eigenvalue weighted by atomic mass is 32.2. The van der Waals surface area contributed by atoms with Gasteiger partial charge in [0.2, 0.25) is 9.84 Å². The van der Waals surface area contributed by atoms with Crippen LogP contribution in [-0.4, -0.2) is 26.7 Å². The van der Waals surface area contributed by atoms with E-state index in [0.717, 1.165) is 18.6 Å². The quantitative estimate of drug-likeness (QED) is 0.416.